The predicted octanol–water partition coefficient (Wildman–Crippen LogP) is 4.21. The molecule has 1 amide bonds. The van der Waals surface area contributed by atoms with Gasteiger partial charge >= 0.3 is 6.36 Å². The summed E-state index contributed by atoms with van der Waals surface area (Å²) in [6.07, 6.45) is -3.19. The number of H-pyrrole nitrogens is 1. The minimum atomic E-state index is -4.71. The predicted molar refractivity (Wildman–Crippen MR) is 130 cm³/mol. The highest BCUT2D eigenvalue weighted by Crippen LogP contribution is 2.31. The highest BCUT2D eigenvalue weighted by molar-refractivity contribution is 5.96. The molecular weight excluding hydrogens is 473 g/mol. The van der Waals surface area contributed by atoms with E-state index >= 15 is 0 Å². The molecule has 0 unspecified atom stereocenters. The molecule has 2 N–H and O–H groups in total. The number of hydrogen-bond donors (Lipinski definition) is 2. The Balaban J connectivity index is 1.32. The summed E-state index contributed by atoms with van der Waals surface area (Å²) in [5.41, 5.74) is 3.79. The van der Waals surface area contributed by atoms with E-state index in [4.69, 9.17) is 0 Å². The van der Waals surface area contributed by atoms with Crippen molar-refractivity contribution in [3.8, 4) is 17.0 Å². The van der Waals surface area contributed by atoms with Crippen molar-refractivity contribution in [1.82, 2.24) is 20.3 Å². The van der Waals surface area contributed by atoms with Gasteiger partial charge in [0.25, 0.3) is 5.91 Å². The van der Waals surface area contributed by atoms with Crippen molar-refractivity contribution < 1.29 is 22.7 Å². The van der Waals surface area contributed by atoms with Crippen molar-refractivity contribution in [1.29, 1.82) is 0 Å². The molecule has 0 atom stereocenters. The number of nitrogens with one attached hydrogen (secondary N) is 2. The molecule has 0 spiro atoms. The summed E-state index contributed by atoms with van der Waals surface area (Å²) in [5.74, 6) is 0.407. The maximum Gasteiger partial charge on any atom is 0.573 e. The van der Waals surface area contributed by atoms with Crippen molar-refractivity contribution in [3.05, 3.63) is 66.5 Å². The highest BCUT2D eigenvalue weighted by Gasteiger charge is 2.31. The second kappa shape index (κ2) is 9.40. The van der Waals surface area contributed by atoms with Gasteiger partial charge in [0, 0.05) is 50.2 Å². The SMILES string of the molecule is CNC(=O)c1cccc(-c2cc3c(N4CCN(c5ccc(OC(F)(F)F)cc5)CC4)ncnc3[nH]2)c1. The van der Waals surface area contributed by atoms with E-state index in [-0.39, 0.29) is 11.7 Å². The molecule has 1 fully saturated rings. The van der Waals surface area contributed by atoms with Crippen molar-refractivity contribution in [2.75, 3.05) is 43.0 Å². The average Bonchev–Trinajstić information content (AvgIpc) is 3.33. The summed E-state index contributed by atoms with van der Waals surface area (Å²) < 4.78 is 41.2. The van der Waals surface area contributed by atoms with Crippen molar-refractivity contribution in [2.24, 2.45) is 0 Å². The molecule has 1 aliphatic rings. The Labute approximate surface area is 204 Å². The Bertz CT molecular complexity index is 1380. The summed E-state index contributed by atoms with van der Waals surface area (Å²) in [4.78, 5) is 28.5. The zero-order chi connectivity index (χ0) is 25.3. The lowest BCUT2D eigenvalue weighted by molar-refractivity contribution is -0.274. The van der Waals surface area contributed by atoms with Crippen LogP contribution in [0, 0.1) is 0 Å². The molecule has 1 aliphatic heterocycles. The van der Waals surface area contributed by atoms with E-state index in [0.29, 0.717) is 37.4 Å². The molecule has 8 nitrogen and oxygen atoms in total. The largest absolute Gasteiger partial charge is 0.573 e. The summed E-state index contributed by atoms with van der Waals surface area (Å²) in [5, 5.41) is 3.51. The maximum atomic E-state index is 12.4. The fourth-order valence-electron chi connectivity index (χ4n) is 4.34. The van der Waals surface area contributed by atoms with Gasteiger partial charge in [0.2, 0.25) is 0 Å². The molecule has 11 heteroatoms. The van der Waals surface area contributed by atoms with Crippen LogP contribution in [-0.4, -0.2) is 60.4 Å². The Morgan fingerprint density at radius 3 is 2.42 bits per heavy atom. The first-order valence-corrected chi connectivity index (χ1v) is 11.3. The number of amides is 1. The van der Waals surface area contributed by atoms with Crippen LogP contribution >= 0.6 is 0 Å². The van der Waals surface area contributed by atoms with Crippen LogP contribution in [0.25, 0.3) is 22.3 Å². The fraction of sp³-hybridized carbons (Fsp3) is 0.240. The first-order valence-electron chi connectivity index (χ1n) is 11.3. The van der Waals surface area contributed by atoms with Crippen LogP contribution in [-0.2, 0) is 0 Å². The number of piperazine rings is 1. The number of benzene rings is 2. The van der Waals surface area contributed by atoms with Crippen LogP contribution in [0.1, 0.15) is 10.4 Å². The van der Waals surface area contributed by atoms with Gasteiger partial charge in [-0.3, -0.25) is 4.79 Å². The Hall–Kier alpha value is -4.28. The van der Waals surface area contributed by atoms with E-state index in [2.05, 4.69) is 34.8 Å². The molecule has 0 radical (unpaired) electrons. The van der Waals surface area contributed by atoms with Gasteiger partial charge in [-0.1, -0.05) is 12.1 Å². The van der Waals surface area contributed by atoms with Gasteiger partial charge < -0.3 is 24.8 Å². The van der Waals surface area contributed by atoms with Crippen LogP contribution in [0.15, 0.2) is 60.9 Å². The lowest BCUT2D eigenvalue weighted by Gasteiger charge is -2.36. The van der Waals surface area contributed by atoms with E-state index in [1.54, 1.807) is 25.2 Å². The highest BCUT2D eigenvalue weighted by atomic mass is 19.4. The minimum Gasteiger partial charge on any atom is -0.406 e. The van der Waals surface area contributed by atoms with Gasteiger partial charge in [0.1, 0.15) is 23.5 Å². The minimum absolute atomic E-state index is 0.158. The number of alkyl halides is 3. The normalized spacial score (nSPS) is 14.2. The van der Waals surface area contributed by atoms with E-state index in [1.807, 2.05) is 24.3 Å². The molecule has 186 valence electrons. The molecule has 2 aromatic carbocycles. The van der Waals surface area contributed by atoms with Crippen molar-refractivity contribution in [2.45, 2.75) is 6.36 Å². The number of hydrogen-bond acceptors (Lipinski definition) is 6. The number of carbonyl (C=O) groups is 1. The second-order valence-corrected chi connectivity index (χ2v) is 8.32. The zero-order valence-electron chi connectivity index (χ0n) is 19.3. The molecule has 5 rings (SSSR count). The van der Waals surface area contributed by atoms with Gasteiger partial charge in [-0.25, -0.2) is 9.97 Å². The molecule has 0 saturated carbocycles. The number of fused-ring (bicyclic) bond motifs is 1. The number of anilines is 2. The van der Waals surface area contributed by atoms with Gasteiger partial charge in [0.05, 0.1) is 5.39 Å². The molecule has 0 aliphatic carbocycles. The molecule has 0 bridgehead atoms. The second-order valence-electron chi connectivity index (χ2n) is 8.32. The van der Waals surface area contributed by atoms with Gasteiger partial charge in [0.15, 0.2) is 0 Å². The zero-order valence-corrected chi connectivity index (χ0v) is 19.3. The van der Waals surface area contributed by atoms with E-state index in [9.17, 15) is 18.0 Å². The quantitative estimate of drug-likeness (QED) is 0.431. The summed E-state index contributed by atoms with van der Waals surface area (Å²) >= 11 is 0. The van der Waals surface area contributed by atoms with Gasteiger partial charge in [-0.05, 0) is 48.0 Å². The number of rotatable bonds is 5. The third kappa shape index (κ3) is 4.90. The summed E-state index contributed by atoms with van der Waals surface area (Å²) in [7, 11) is 1.59. The molecule has 2 aromatic heterocycles. The van der Waals surface area contributed by atoms with Crippen LogP contribution < -0.4 is 19.9 Å². The summed E-state index contributed by atoms with van der Waals surface area (Å²) in [6.45, 7) is 2.71. The van der Waals surface area contributed by atoms with E-state index in [1.165, 1.54) is 18.5 Å². The van der Waals surface area contributed by atoms with Crippen molar-refractivity contribution in [3.63, 3.8) is 0 Å². The molecular formula is C25H23F3N6O2. The van der Waals surface area contributed by atoms with Crippen LogP contribution in [0.5, 0.6) is 5.75 Å². The third-order valence-corrected chi connectivity index (χ3v) is 6.08. The number of carbonyl (C=O) groups excluding carboxylic acids is 1. The summed E-state index contributed by atoms with van der Waals surface area (Å²) in [6, 6.07) is 15.2. The lowest BCUT2D eigenvalue weighted by atomic mass is 10.1. The maximum absolute atomic E-state index is 12.4. The lowest BCUT2D eigenvalue weighted by Crippen LogP contribution is -2.46. The number of halogens is 3. The van der Waals surface area contributed by atoms with Crippen LogP contribution in [0.3, 0.4) is 0 Å². The topological polar surface area (TPSA) is 86.4 Å². The van der Waals surface area contributed by atoms with E-state index in [0.717, 1.165) is 28.1 Å². The molecule has 3 heterocycles. The first-order chi connectivity index (χ1) is 17.3. The fourth-order valence-corrected chi connectivity index (χ4v) is 4.34. The first kappa shape index (κ1) is 23.5. The monoisotopic (exact) mass is 496 g/mol. The number of ether oxygens (including phenoxy) is 1. The molecule has 1 saturated heterocycles. The molecule has 36 heavy (non-hydrogen) atoms. The average molecular weight is 496 g/mol. The van der Waals surface area contributed by atoms with Gasteiger partial charge in [-0.2, -0.15) is 0 Å². The Kier molecular flexibility index (Phi) is 6.13. The van der Waals surface area contributed by atoms with Gasteiger partial charge in [-0.15, -0.1) is 13.2 Å². The van der Waals surface area contributed by atoms with Crippen molar-refractivity contribution >= 4 is 28.4 Å². The van der Waals surface area contributed by atoms with Crippen LogP contribution in [0.2, 0.25) is 0 Å². The van der Waals surface area contributed by atoms with Crippen LogP contribution in [0.4, 0.5) is 24.7 Å². The van der Waals surface area contributed by atoms with E-state index < -0.39 is 6.36 Å². The number of aromatic amines is 1. The molecule has 4 aromatic rings. The standard InChI is InChI=1S/C25H23F3N6O2/c1-29-24(35)17-4-2-3-16(13-17)21-14-20-22(32-21)30-15-31-23(20)34-11-9-33(10-12-34)18-5-7-19(8-6-18)36-25(26,27)28/h2-8,13-15H,9-12H2,1H3,(H,29,35)(H,30,31,32). The number of aromatic nitrogens is 3. The Morgan fingerprint density at radius 1 is 1.00 bits per heavy atom. The number of nitrogens with zero attached hydrogens (tertiary/aromatic N) is 4. The third-order valence-electron chi connectivity index (χ3n) is 6.08. The smallest absolute Gasteiger partial charge is 0.406 e. The Morgan fingerprint density at radius 2 is 1.72 bits per heavy atom.